The second kappa shape index (κ2) is 9.35. The average Bonchev–Trinajstić information content (AvgIpc) is 2.73. The molecule has 0 radical (unpaired) electrons. The number of piperazine rings is 1. The summed E-state index contributed by atoms with van der Waals surface area (Å²) in [7, 11) is 1.68. The smallest absolute Gasteiger partial charge is 0.322 e. The molecule has 1 fully saturated rings. The maximum atomic E-state index is 12.7. The minimum absolute atomic E-state index is 0.0970. The van der Waals surface area contributed by atoms with Gasteiger partial charge in [-0.15, -0.1) is 0 Å². The summed E-state index contributed by atoms with van der Waals surface area (Å²) in [5.74, 6) is 1.99. The molecule has 2 amide bonds. The van der Waals surface area contributed by atoms with Gasteiger partial charge < -0.3 is 24.6 Å². The van der Waals surface area contributed by atoms with Crippen molar-refractivity contribution in [2.24, 2.45) is 5.92 Å². The number of ether oxygens (including phenoxy) is 2. The van der Waals surface area contributed by atoms with Crippen molar-refractivity contribution in [3.63, 3.8) is 0 Å². The fourth-order valence-corrected chi connectivity index (χ4v) is 3.19. The minimum Gasteiger partial charge on any atom is -0.495 e. The van der Waals surface area contributed by atoms with Crippen molar-refractivity contribution in [1.29, 1.82) is 0 Å². The second-order valence-electron chi connectivity index (χ2n) is 7.28. The normalized spacial score (nSPS) is 14.1. The highest BCUT2D eigenvalue weighted by atomic mass is 16.5. The van der Waals surface area contributed by atoms with E-state index < -0.39 is 0 Å². The number of anilines is 2. The van der Waals surface area contributed by atoms with E-state index in [-0.39, 0.29) is 6.03 Å². The summed E-state index contributed by atoms with van der Waals surface area (Å²) < 4.78 is 11.3. The van der Waals surface area contributed by atoms with E-state index in [0.29, 0.717) is 37.1 Å². The van der Waals surface area contributed by atoms with Crippen LogP contribution in [0.25, 0.3) is 0 Å². The van der Waals surface area contributed by atoms with Gasteiger partial charge in [-0.25, -0.2) is 4.79 Å². The first-order valence-electron chi connectivity index (χ1n) is 9.74. The van der Waals surface area contributed by atoms with Crippen LogP contribution in [-0.2, 0) is 0 Å². The molecule has 0 aromatic heterocycles. The van der Waals surface area contributed by atoms with Crippen LogP contribution in [0.5, 0.6) is 11.5 Å². The number of methoxy groups -OCH3 is 1. The van der Waals surface area contributed by atoms with E-state index in [2.05, 4.69) is 30.1 Å². The molecule has 0 unspecified atom stereocenters. The van der Waals surface area contributed by atoms with E-state index in [1.807, 2.05) is 47.4 Å². The molecule has 1 aliphatic rings. The van der Waals surface area contributed by atoms with E-state index in [1.165, 1.54) is 0 Å². The number of amides is 2. The van der Waals surface area contributed by atoms with Gasteiger partial charge in [0.15, 0.2) is 0 Å². The Labute approximate surface area is 167 Å². The summed E-state index contributed by atoms with van der Waals surface area (Å²) in [4.78, 5) is 16.8. The third kappa shape index (κ3) is 4.88. The van der Waals surface area contributed by atoms with Gasteiger partial charge in [0.25, 0.3) is 0 Å². The maximum Gasteiger partial charge on any atom is 0.322 e. The van der Waals surface area contributed by atoms with Crippen LogP contribution in [0, 0.1) is 5.92 Å². The fraction of sp³-hybridized carbons (Fsp3) is 0.409. The number of urea groups is 1. The molecular weight excluding hydrogens is 354 g/mol. The van der Waals surface area contributed by atoms with Crippen molar-refractivity contribution in [3.8, 4) is 11.5 Å². The van der Waals surface area contributed by atoms with Gasteiger partial charge in [0.1, 0.15) is 11.5 Å². The van der Waals surface area contributed by atoms with Crippen molar-refractivity contribution in [1.82, 2.24) is 4.90 Å². The Bertz CT molecular complexity index is 786. The first-order valence-corrected chi connectivity index (χ1v) is 9.74. The summed E-state index contributed by atoms with van der Waals surface area (Å²) in [6, 6.07) is 15.5. The van der Waals surface area contributed by atoms with Crippen LogP contribution < -0.4 is 19.7 Å². The number of hydrogen-bond donors (Lipinski definition) is 1. The summed E-state index contributed by atoms with van der Waals surface area (Å²) in [6.45, 7) is 7.64. The lowest BCUT2D eigenvalue weighted by atomic mass is 10.2. The van der Waals surface area contributed by atoms with Gasteiger partial charge in [0.2, 0.25) is 0 Å². The van der Waals surface area contributed by atoms with Crippen molar-refractivity contribution < 1.29 is 14.3 Å². The number of nitrogens with one attached hydrogen (secondary N) is 1. The number of carbonyl (C=O) groups excluding carboxylic acids is 1. The van der Waals surface area contributed by atoms with Crippen molar-refractivity contribution >= 4 is 17.4 Å². The third-order valence-electron chi connectivity index (χ3n) is 4.69. The number of hydrogen-bond acceptors (Lipinski definition) is 4. The van der Waals surface area contributed by atoms with Crippen molar-refractivity contribution in [2.75, 3.05) is 50.1 Å². The zero-order chi connectivity index (χ0) is 19.9. The standard InChI is InChI=1S/C22H29N3O3/c1-17(2)16-28-20-10-6-4-8-18(20)23-22(26)25-14-12-24(13-15-25)19-9-5-7-11-21(19)27-3/h4-11,17H,12-16H2,1-3H3,(H,23,26). The van der Waals surface area contributed by atoms with Crippen molar-refractivity contribution in [3.05, 3.63) is 48.5 Å². The molecule has 28 heavy (non-hydrogen) atoms. The Kier molecular flexibility index (Phi) is 6.63. The molecule has 0 bridgehead atoms. The lowest BCUT2D eigenvalue weighted by Gasteiger charge is -2.36. The van der Waals surface area contributed by atoms with Gasteiger partial charge in [-0.3, -0.25) is 0 Å². The molecular formula is C22H29N3O3. The Hall–Kier alpha value is -2.89. The number of nitrogens with zero attached hydrogens (tertiary/aromatic N) is 2. The van der Waals surface area contributed by atoms with Crippen LogP contribution in [0.1, 0.15) is 13.8 Å². The van der Waals surface area contributed by atoms with Crippen LogP contribution in [0.4, 0.5) is 16.2 Å². The molecule has 3 rings (SSSR count). The van der Waals surface area contributed by atoms with E-state index >= 15 is 0 Å². The van der Waals surface area contributed by atoms with E-state index in [4.69, 9.17) is 9.47 Å². The predicted octanol–water partition coefficient (Wildman–Crippen LogP) is 4.08. The molecule has 0 spiro atoms. The van der Waals surface area contributed by atoms with E-state index in [9.17, 15) is 4.79 Å². The van der Waals surface area contributed by atoms with Crippen molar-refractivity contribution in [2.45, 2.75) is 13.8 Å². The number of carbonyl (C=O) groups is 1. The molecule has 2 aromatic rings. The summed E-state index contributed by atoms with van der Waals surface area (Å²) >= 11 is 0. The summed E-state index contributed by atoms with van der Waals surface area (Å²) in [6.07, 6.45) is 0. The van der Waals surface area contributed by atoms with Crippen LogP contribution in [0.2, 0.25) is 0 Å². The first-order chi connectivity index (χ1) is 13.6. The molecule has 1 saturated heterocycles. The highest BCUT2D eigenvalue weighted by Gasteiger charge is 2.23. The molecule has 0 saturated carbocycles. The van der Waals surface area contributed by atoms with Gasteiger partial charge >= 0.3 is 6.03 Å². The fourth-order valence-electron chi connectivity index (χ4n) is 3.19. The quantitative estimate of drug-likeness (QED) is 0.817. The SMILES string of the molecule is COc1ccccc1N1CCN(C(=O)Nc2ccccc2OCC(C)C)CC1. The molecule has 6 nitrogen and oxygen atoms in total. The molecule has 6 heteroatoms. The lowest BCUT2D eigenvalue weighted by Crippen LogP contribution is -2.50. The second-order valence-corrected chi connectivity index (χ2v) is 7.28. The molecule has 1 aliphatic heterocycles. The van der Waals surface area contributed by atoms with Gasteiger partial charge in [-0.05, 0) is 30.2 Å². The number of benzene rings is 2. The first kappa shape index (κ1) is 19.9. The molecule has 1 N–H and O–H groups in total. The Morgan fingerprint density at radius 1 is 1.00 bits per heavy atom. The summed E-state index contributed by atoms with van der Waals surface area (Å²) in [5.41, 5.74) is 1.78. The number of para-hydroxylation sites is 4. The topological polar surface area (TPSA) is 54.0 Å². The predicted molar refractivity (Wildman–Crippen MR) is 113 cm³/mol. The molecule has 0 atom stereocenters. The van der Waals surface area contributed by atoms with Crippen LogP contribution in [0.15, 0.2) is 48.5 Å². The number of rotatable bonds is 6. The van der Waals surface area contributed by atoms with Gasteiger partial charge in [0.05, 0.1) is 25.1 Å². The zero-order valence-electron chi connectivity index (χ0n) is 16.9. The highest BCUT2D eigenvalue weighted by Crippen LogP contribution is 2.29. The largest absolute Gasteiger partial charge is 0.495 e. The van der Waals surface area contributed by atoms with Gasteiger partial charge in [-0.2, -0.15) is 0 Å². The van der Waals surface area contributed by atoms with E-state index in [0.717, 1.165) is 24.5 Å². The van der Waals surface area contributed by atoms with Gasteiger partial charge in [-0.1, -0.05) is 38.1 Å². The molecule has 2 aromatic carbocycles. The Balaban J connectivity index is 1.59. The lowest BCUT2D eigenvalue weighted by molar-refractivity contribution is 0.207. The summed E-state index contributed by atoms with van der Waals surface area (Å²) in [5, 5.41) is 3.00. The molecule has 1 heterocycles. The zero-order valence-corrected chi connectivity index (χ0v) is 16.9. The molecule has 150 valence electrons. The Morgan fingerprint density at radius 3 is 2.32 bits per heavy atom. The Morgan fingerprint density at radius 2 is 1.64 bits per heavy atom. The highest BCUT2D eigenvalue weighted by molar-refractivity contribution is 5.91. The third-order valence-corrected chi connectivity index (χ3v) is 4.69. The maximum absolute atomic E-state index is 12.7. The minimum atomic E-state index is -0.0970. The van der Waals surface area contributed by atoms with Crippen LogP contribution in [-0.4, -0.2) is 50.8 Å². The monoisotopic (exact) mass is 383 g/mol. The molecule has 0 aliphatic carbocycles. The van der Waals surface area contributed by atoms with Crippen LogP contribution >= 0.6 is 0 Å². The van der Waals surface area contributed by atoms with Crippen LogP contribution in [0.3, 0.4) is 0 Å². The van der Waals surface area contributed by atoms with E-state index in [1.54, 1.807) is 7.11 Å². The van der Waals surface area contributed by atoms with Gasteiger partial charge in [0, 0.05) is 26.2 Å². The average molecular weight is 383 g/mol.